The molecule has 1 aromatic carbocycles. The molecule has 0 spiro atoms. The van der Waals surface area contributed by atoms with Crippen molar-refractivity contribution in [2.75, 3.05) is 5.32 Å². The Kier molecular flexibility index (Phi) is 3.32. The van der Waals surface area contributed by atoms with Crippen LogP contribution in [0.4, 0.5) is 11.4 Å². The number of anilines is 1. The van der Waals surface area contributed by atoms with Gasteiger partial charge < -0.3 is 5.32 Å². The number of rotatable bonds is 3. The fraction of sp³-hybridized carbons (Fsp3) is 0.455. The van der Waals surface area contributed by atoms with Gasteiger partial charge in [-0.15, -0.1) is 0 Å². The van der Waals surface area contributed by atoms with Gasteiger partial charge in [0.25, 0.3) is 5.69 Å². The molecule has 2 rings (SSSR count). The molecule has 0 amide bonds. The first-order chi connectivity index (χ1) is 7.56. The van der Waals surface area contributed by atoms with E-state index >= 15 is 0 Å². The van der Waals surface area contributed by atoms with Gasteiger partial charge >= 0.3 is 0 Å². The summed E-state index contributed by atoms with van der Waals surface area (Å²) in [6, 6.07) is 5.71. The van der Waals surface area contributed by atoms with Gasteiger partial charge in [0, 0.05) is 17.8 Å². The topological polar surface area (TPSA) is 55.2 Å². The van der Waals surface area contributed by atoms with E-state index in [9.17, 15) is 10.1 Å². The molecule has 0 bridgehead atoms. The second-order valence-corrected chi connectivity index (χ2v) is 5.50. The number of nitro groups is 1. The molecule has 16 heavy (non-hydrogen) atoms. The van der Waals surface area contributed by atoms with Crippen molar-refractivity contribution in [1.29, 1.82) is 0 Å². The lowest BCUT2D eigenvalue weighted by atomic mass is 9.82. The highest BCUT2D eigenvalue weighted by Gasteiger charge is 2.25. The summed E-state index contributed by atoms with van der Waals surface area (Å²) in [6.45, 7) is 2.23. The molecule has 1 saturated carbocycles. The second kappa shape index (κ2) is 4.57. The summed E-state index contributed by atoms with van der Waals surface area (Å²) in [5.74, 6) is 0.801. The van der Waals surface area contributed by atoms with Gasteiger partial charge in [-0.1, -0.05) is 6.92 Å². The number of halogens is 1. The van der Waals surface area contributed by atoms with Gasteiger partial charge in [0.15, 0.2) is 0 Å². The molecule has 5 heteroatoms. The zero-order valence-electron chi connectivity index (χ0n) is 8.94. The largest absolute Gasteiger partial charge is 0.382 e. The average Bonchev–Trinajstić information content (AvgIpc) is 2.15. The summed E-state index contributed by atoms with van der Waals surface area (Å²) < 4.78 is 0.681. The Morgan fingerprint density at radius 2 is 2.19 bits per heavy atom. The maximum atomic E-state index is 10.6. The van der Waals surface area contributed by atoms with Crippen LogP contribution in [0.2, 0.25) is 0 Å². The fourth-order valence-corrected chi connectivity index (χ4v) is 2.71. The molecule has 4 nitrogen and oxygen atoms in total. The molecular formula is C11H13IN2O2. The summed E-state index contributed by atoms with van der Waals surface area (Å²) in [7, 11) is 0. The third kappa shape index (κ3) is 2.45. The first-order valence-corrected chi connectivity index (χ1v) is 6.34. The third-order valence-corrected chi connectivity index (χ3v) is 3.75. The SMILES string of the molecule is CC1CC(Nc2ccc([N+](=O)[O-])c(I)c2)C1. The van der Waals surface area contributed by atoms with Gasteiger partial charge in [-0.2, -0.15) is 0 Å². The standard InChI is InChI=1S/C11H13IN2O2/c1-7-4-9(5-7)13-8-2-3-11(14(15)16)10(12)6-8/h2-3,6-7,9,13H,4-5H2,1H3. The minimum Gasteiger partial charge on any atom is -0.382 e. The maximum Gasteiger partial charge on any atom is 0.282 e. The van der Waals surface area contributed by atoms with Crippen LogP contribution in [-0.2, 0) is 0 Å². The van der Waals surface area contributed by atoms with Crippen LogP contribution in [0.15, 0.2) is 18.2 Å². The van der Waals surface area contributed by atoms with Crippen LogP contribution < -0.4 is 5.32 Å². The summed E-state index contributed by atoms with van der Waals surface area (Å²) in [5.41, 5.74) is 1.15. The zero-order valence-corrected chi connectivity index (χ0v) is 11.1. The van der Waals surface area contributed by atoms with Crippen LogP contribution >= 0.6 is 22.6 Å². The molecule has 0 radical (unpaired) electrons. The summed E-state index contributed by atoms with van der Waals surface area (Å²) in [6.07, 6.45) is 2.38. The maximum absolute atomic E-state index is 10.6. The van der Waals surface area contributed by atoms with Crippen LogP contribution in [0.5, 0.6) is 0 Å². The molecule has 0 unspecified atom stereocenters. The molecule has 0 aliphatic heterocycles. The van der Waals surface area contributed by atoms with Crippen LogP contribution in [0.3, 0.4) is 0 Å². The molecule has 1 aliphatic carbocycles. The van der Waals surface area contributed by atoms with Crippen molar-refractivity contribution in [3.63, 3.8) is 0 Å². The highest BCUT2D eigenvalue weighted by molar-refractivity contribution is 14.1. The van der Waals surface area contributed by atoms with Crippen molar-refractivity contribution < 1.29 is 4.92 Å². The lowest BCUT2D eigenvalue weighted by Crippen LogP contribution is -2.33. The van der Waals surface area contributed by atoms with Gasteiger partial charge in [0.05, 0.1) is 8.49 Å². The predicted molar refractivity (Wildman–Crippen MR) is 71.6 cm³/mol. The Bertz CT molecular complexity index is 416. The van der Waals surface area contributed by atoms with Gasteiger partial charge in [0.2, 0.25) is 0 Å². The Labute approximate surface area is 108 Å². The lowest BCUT2D eigenvalue weighted by Gasteiger charge is -2.34. The molecular weight excluding hydrogens is 319 g/mol. The molecule has 1 aliphatic rings. The first-order valence-electron chi connectivity index (χ1n) is 5.26. The van der Waals surface area contributed by atoms with Crippen LogP contribution in [0.1, 0.15) is 19.8 Å². The molecule has 0 saturated heterocycles. The van der Waals surface area contributed by atoms with Crippen molar-refractivity contribution in [3.8, 4) is 0 Å². The summed E-state index contributed by atoms with van der Waals surface area (Å²) in [5, 5.41) is 14.0. The van der Waals surface area contributed by atoms with E-state index < -0.39 is 0 Å². The van der Waals surface area contributed by atoms with Crippen LogP contribution in [0.25, 0.3) is 0 Å². The molecule has 1 aromatic rings. The minimum atomic E-state index is -0.350. The number of nitrogens with one attached hydrogen (secondary N) is 1. The van der Waals surface area contributed by atoms with Crippen molar-refractivity contribution in [1.82, 2.24) is 0 Å². The van der Waals surface area contributed by atoms with Gasteiger partial charge in [-0.25, -0.2) is 0 Å². The number of nitrogens with zero attached hydrogens (tertiary/aromatic N) is 1. The molecule has 0 heterocycles. The van der Waals surface area contributed by atoms with E-state index in [1.165, 1.54) is 12.8 Å². The van der Waals surface area contributed by atoms with Gasteiger partial charge in [0.1, 0.15) is 0 Å². The monoisotopic (exact) mass is 332 g/mol. The Balaban J connectivity index is 2.06. The smallest absolute Gasteiger partial charge is 0.282 e. The van der Waals surface area contributed by atoms with E-state index in [4.69, 9.17) is 0 Å². The van der Waals surface area contributed by atoms with Crippen LogP contribution in [-0.4, -0.2) is 11.0 Å². The summed E-state index contributed by atoms with van der Waals surface area (Å²) >= 11 is 2.00. The van der Waals surface area contributed by atoms with E-state index in [2.05, 4.69) is 12.2 Å². The Morgan fingerprint density at radius 3 is 2.69 bits per heavy atom. The van der Waals surface area contributed by atoms with E-state index in [0.717, 1.165) is 11.6 Å². The highest BCUT2D eigenvalue weighted by atomic mass is 127. The predicted octanol–water partition coefficient (Wildman–Crippen LogP) is 3.41. The van der Waals surface area contributed by atoms with E-state index in [1.54, 1.807) is 12.1 Å². The normalized spacial score (nSPS) is 23.6. The van der Waals surface area contributed by atoms with Crippen molar-refractivity contribution in [2.45, 2.75) is 25.8 Å². The zero-order chi connectivity index (χ0) is 11.7. The molecule has 1 fully saturated rings. The summed E-state index contributed by atoms with van der Waals surface area (Å²) in [4.78, 5) is 10.3. The molecule has 1 N–H and O–H groups in total. The molecule has 0 atom stereocenters. The van der Waals surface area contributed by atoms with Crippen molar-refractivity contribution >= 4 is 34.0 Å². The number of hydrogen-bond acceptors (Lipinski definition) is 3. The fourth-order valence-electron chi connectivity index (χ4n) is 2.00. The number of nitro benzene ring substituents is 1. The van der Waals surface area contributed by atoms with E-state index in [1.807, 2.05) is 28.7 Å². The van der Waals surface area contributed by atoms with Gasteiger partial charge in [-0.05, 0) is 53.5 Å². The number of hydrogen-bond donors (Lipinski definition) is 1. The van der Waals surface area contributed by atoms with E-state index in [0.29, 0.717) is 9.61 Å². The molecule has 0 aromatic heterocycles. The van der Waals surface area contributed by atoms with Gasteiger partial charge in [-0.3, -0.25) is 10.1 Å². The number of benzene rings is 1. The Morgan fingerprint density at radius 1 is 1.50 bits per heavy atom. The average molecular weight is 332 g/mol. The molecule has 86 valence electrons. The highest BCUT2D eigenvalue weighted by Crippen LogP contribution is 2.31. The Hall–Kier alpha value is -0.850. The quantitative estimate of drug-likeness (QED) is 0.524. The second-order valence-electron chi connectivity index (χ2n) is 4.34. The first kappa shape index (κ1) is 11.6. The van der Waals surface area contributed by atoms with E-state index in [-0.39, 0.29) is 10.6 Å². The third-order valence-electron chi connectivity index (χ3n) is 2.89. The van der Waals surface area contributed by atoms with Crippen LogP contribution in [0, 0.1) is 19.6 Å². The lowest BCUT2D eigenvalue weighted by molar-refractivity contribution is -0.385. The van der Waals surface area contributed by atoms with Crippen molar-refractivity contribution in [3.05, 3.63) is 31.9 Å². The minimum absolute atomic E-state index is 0.174. The van der Waals surface area contributed by atoms with Crippen molar-refractivity contribution in [2.24, 2.45) is 5.92 Å².